The molecule has 1 N–H and O–H groups in total. The average molecular weight is 593 g/mol. The molecule has 0 amide bonds. The van der Waals surface area contributed by atoms with Crippen LogP contribution in [0.1, 0.15) is 152 Å². The number of rotatable bonds is 5. The van der Waals surface area contributed by atoms with Gasteiger partial charge in [-0.1, -0.05) is 62.3 Å². The molecule has 7 fully saturated rings. The van der Waals surface area contributed by atoms with Gasteiger partial charge in [-0.15, -0.1) is 0 Å². The second-order valence-electron chi connectivity index (χ2n) is 20.2. The van der Waals surface area contributed by atoms with E-state index in [4.69, 9.17) is 0 Å². The molecule has 0 bridgehead atoms. The summed E-state index contributed by atoms with van der Waals surface area (Å²) in [7, 11) is 0. The number of carbonyl (C=O) groups excluding carboxylic acids is 1. The maximum Gasteiger partial charge on any atom is 0.307 e. The lowest BCUT2D eigenvalue weighted by molar-refractivity contribution is -0.243. The molecule has 7 aliphatic carbocycles. The van der Waals surface area contributed by atoms with Crippen molar-refractivity contribution in [3.63, 3.8) is 0 Å². The van der Waals surface area contributed by atoms with E-state index in [1.54, 1.807) is 0 Å². The highest BCUT2D eigenvalue weighted by molar-refractivity contribution is 5.87. The van der Waals surface area contributed by atoms with E-state index < -0.39 is 5.97 Å². The lowest BCUT2D eigenvalue weighted by Gasteiger charge is -2.73. The molecule has 0 aromatic carbocycles. The molecule has 3 nitrogen and oxygen atoms in total. The monoisotopic (exact) mass is 592 g/mol. The standard InChI is InChI=1S/C40H64O3/c1-24-12-15-37(7)29(34(24,2)3)14-16-39(9)30(37)11-10-27-32-26(36(6)18-19-36)13-17-40(32,21-20-38(27,39)8)31(41)23-25-22-28(33(42)43)35(25,4)5/h24-30,32H,10-23H2,1-9H3,(H,42,43)/t24-,25-,26+,27+,28+,29-,30+,32+,37-,38+,39+,40+/m0/s1. The molecule has 43 heavy (non-hydrogen) atoms. The van der Waals surface area contributed by atoms with Gasteiger partial charge in [-0.05, 0) is 157 Å². The van der Waals surface area contributed by atoms with Crippen molar-refractivity contribution in [1.82, 2.24) is 0 Å². The molecule has 0 radical (unpaired) electrons. The van der Waals surface area contributed by atoms with Crippen LogP contribution in [0.4, 0.5) is 0 Å². The molecule has 0 saturated heterocycles. The molecule has 0 unspecified atom stereocenters. The van der Waals surface area contributed by atoms with Gasteiger partial charge in [0.1, 0.15) is 5.78 Å². The van der Waals surface area contributed by atoms with E-state index in [0.717, 1.165) is 30.6 Å². The first-order chi connectivity index (χ1) is 19.9. The molecular weight excluding hydrogens is 528 g/mol. The Balaban J connectivity index is 1.22. The van der Waals surface area contributed by atoms with E-state index in [-0.39, 0.29) is 22.7 Å². The van der Waals surface area contributed by atoms with Gasteiger partial charge in [0, 0.05) is 11.8 Å². The van der Waals surface area contributed by atoms with Crippen molar-refractivity contribution in [3.8, 4) is 0 Å². The highest BCUT2D eigenvalue weighted by Crippen LogP contribution is 2.79. The van der Waals surface area contributed by atoms with Gasteiger partial charge in [-0.3, -0.25) is 9.59 Å². The van der Waals surface area contributed by atoms with E-state index in [2.05, 4.69) is 62.3 Å². The van der Waals surface area contributed by atoms with Gasteiger partial charge in [0.05, 0.1) is 5.92 Å². The van der Waals surface area contributed by atoms with Gasteiger partial charge < -0.3 is 5.11 Å². The van der Waals surface area contributed by atoms with Crippen molar-refractivity contribution in [2.24, 2.45) is 85.2 Å². The number of carboxylic acids is 1. The molecule has 0 aromatic rings. The Morgan fingerprint density at radius 1 is 0.674 bits per heavy atom. The van der Waals surface area contributed by atoms with Crippen molar-refractivity contribution < 1.29 is 14.7 Å². The minimum atomic E-state index is -0.676. The molecule has 3 heteroatoms. The highest BCUT2D eigenvalue weighted by Gasteiger charge is 2.73. The molecule has 7 saturated carbocycles. The number of carbonyl (C=O) groups is 2. The van der Waals surface area contributed by atoms with Crippen molar-refractivity contribution in [2.75, 3.05) is 0 Å². The summed E-state index contributed by atoms with van der Waals surface area (Å²) in [4.78, 5) is 26.7. The van der Waals surface area contributed by atoms with E-state index in [1.807, 2.05) is 0 Å². The summed E-state index contributed by atoms with van der Waals surface area (Å²) in [5.41, 5.74) is 1.54. The Morgan fingerprint density at radius 3 is 2.00 bits per heavy atom. The summed E-state index contributed by atoms with van der Waals surface area (Å²) in [6, 6.07) is 0. The van der Waals surface area contributed by atoms with Crippen molar-refractivity contribution in [2.45, 2.75) is 152 Å². The Bertz CT molecular complexity index is 1190. The zero-order valence-electron chi connectivity index (χ0n) is 29.3. The van der Waals surface area contributed by atoms with Gasteiger partial charge in [-0.2, -0.15) is 0 Å². The fourth-order valence-electron chi connectivity index (χ4n) is 14.8. The summed E-state index contributed by atoms with van der Waals surface area (Å²) in [5, 5.41) is 9.77. The third-order valence-corrected chi connectivity index (χ3v) is 18.7. The Morgan fingerprint density at radius 2 is 1.37 bits per heavy atom. The minimum Gasteiger partial charge on any atom is -0.481 e. The minimum absolute atomic E-state index is 0.155. The first-order valence-electron chi connectivity index (χ1n) is 18.6. The molecule has 242 valence electrons. The molecular formula is C40H64O3. The van der Waals surface area contributed by atoms with Gasteiger partial charge in [0.25, 0.3) is 0 Å². The topological polar surface area (TPSA) is 54.4 Å². The third kappa shape index (κ3) is 3.78. The number of Topliss-reactive ketones (excluding diaryl/α,β-unsaturated/α-hetero) is 1. The summed E-state index contributed by atoms with van der Waals surface area (Å²) in [5.74, 6) is 4.13. The molecule has 0 spiro atoms. The molecule has 12 atom stereocenters. The van der Waals surface area contributed by atoms with E-state index in [9.17, 15) is 14.7 Å². The number of hydrogen-bond donors (Lipinski definition) is 1. The van der Waals surface area contributed by atoms with Crippen LogP contribution in [0.25, 0.3) is 0 Å². The first kappa shape index (κ1) is 30.8. The number of ketones is 1. The van der Waals surface area contributed by atoms with E-state index in [1.165, 1.54) is 64.2 Å². The Kier molecular flexibility index (Phi) is 6.54. The van der Waals surface area contributed by atoms with Crippen molar-refractivity contribution in [1.29, 1.82) is 0 Å². The maximum absolute atomic E-state index is 14.8. The Hall–Kier alpha value is -0.860. The lowest BCUT2D eigenvalue weighted by atomic mass is 9.31. The van der Waals surface area contributed by atoms with Crippen LogP contribution in [0.15, 0.2) is 0 Å². The quantitative estimate of drug-likeness (QED) is 0.345. The number of hydrogen-bond acceptors (Lipinski definition) is 2. The van der Waals surface area contributed by atoms with E-state index in [0.29, 0.717) is 63.5 Å². The zero-order chi connectivity index (χ0) is 31.2. The summed E-state index contributed by atoms with van der Waals surface area (Å²) in [6.07, 6.45) is 16.9. The van der Waals surface area contributed by atoms with Crippen LogP contribution in [0.5, 0.6) is 0 Å². The summed E-state index contributed by atoms with van der Waals surface area (Å²) >= 11 is 0. The third-order valence-electron chi connectivity index (χ3n) is 18.7. The van der Waals surface area contributed by atoms with Crippen molar-refractivity contribution in [3.05, 3.63) is 0 Å². The largest absolute Gasteiger partial charge is 0.481 e. The van der Waals surface area contributed by atoms with Gasteiger partial charge >= 0.3 is 5.97 Å². The maximum atomic E-state index is 14.8. The molecule has 7 aliphatic rings. The fourth-order valence-corrected chi connectivity index (χ4v) is 14.8. The van der Waals surface area contributed by atoms with Gasteiger partial charge in [-0.25, -0.2) is 0 Å². The molecule has 0 heterocycles. The number of aliphatic carboxylic acids is 1. The van der Waals surface area contributed by atoms with Crippen LogP contribution in [-0.2, 0) is 9.59 Å². The highest BCUT2D eigenvalue weighted by atomic mass is 16.4. The van der Waals surface area contributed by atoms with Crippen LogP contribution in [0, 0.1) is 85.2 Å². The van der Waals surface area contributed by atoms with E-state index >= 15 is 0 Å². The van der Waals surface area contributed by atoms with Gasteiger partial charge in [0.2, 0.25) is 0 Å². The molecule has 7 rings (SSSR count). The summed E-state index contributed by atoms with van der Waals surface area (Å²) in [6.45, 7) is 22.7. The average Bonchev–Trinajstić information content (AvgIpc) is 3.53. The SMILES string of the molecule is C[C@H]1CC[C@]2(C)[C@H]3CC[C@@H]4[C@H]5[C@H](C6(C)CC6)CC[C@]5(C(=O)C[C@@H]5C[C@H](C(=O)O)C5(C)C)CC[C@@]4(C)[C@]3(C)CC[C@H]2C1(C)C. The predicted molar refractivity (Wildman–Crippen MR) is 173 cm³/mol. The van der Waals surface area contributed by atoms with Crippen molar-refractivity contribution >= 4 is 11.8 Å². The number of fused-ring (bicyclic) bond motifs is 7. The van der Waals surface area contributed by atoms with Crippen LogP contribution >= 0.6 is 0 Å². The first-order valence-corrected chi connectivity index (χ1v) is 18.6. The second-order valence-corrected chi connectivity index (χ2v) is 20.2. The van der Waals surface area contributed by atoms with Crippen LogP contribution < -0.4 is 0 Å². The second kappa shape index (κ2) is 9.14. The van der Waals surface area contributed by atoms with Gasteiger partial charge in [0.15, 0.2) is 0 Å². The smallest absolute Gasteiger partial charge is 0.307 e. The normalized spacial score (nSPS) is 53.8. The van der Waals surface area contributed by atoms with Crippen LogP contribution in [0.3, 0.4) is 0 Å². The van der Waals surface area contributed by atoms with Crippen LogP contribution in [0.2, 0.25) is 0 Å². The molecule has 0 aliphatic heterocycles. The zero-order valence-corrected chi connectivity index (χ0v) is 29.3. The lowest BCUT2D eigenvalue weighted by Crippen LogP contribution is -2.66. The number of carboxylic acid groups (broad SMARTS) is 1. The Labute approximate surface area is 263 Å². The molecule has 0 aromatic heterocycles. The predicted octanol–water partition coefficient (Wildman–Crippen LogP) is 10.2. The summed E-state index contributed by atoms with van der Waals surface area (Å²) < 4.78 is 0. The fraction of sp³-hybridized carbons (Fsp3) is 0.950. The van der Waals surface area contributed by atoms with Crippen LogP contribution in [-0.4, -0.2) is 16.9 Å².